The standard InChI is InChI=1S/C8H18N8/c1-2-3-4-13-6(10)16-7(11)14-5(9)15-8(16)12/h7H,2-4,11H2,1H3,(H2,10,13)(H4,9,12,14,15). The number of aliphatic imine (C=N–C) groups is 3. The third kappa shape index (κ3) is 2.83. The van der Waals surface area contributed by atoms with Crippen LogP contribution in [0.25, 0.3) is 0 Å². The van der Waals surface area contributed by atoms with Crippen molar-refractivity contribution in [3.63, 3.8) is 0 Å². The van der Waals surface area contributed by atoms with Gasteiger partial charge in [0.05, 0.1) is 0 Å². The van der Waals surface area contributed by atoms with Crippen LogP contribution < -0.4 is 22.9 Å². The number of hydrogen-bond donors (Lipinski definition) is 4. The molecule has 1 unspecified atom stereocenters. The Labute approximate surface area is 94.1 Å². The van der Waals surface area contributed by atoms with Crippen molar-refractivity contribution in [2.75, 3.05) is 6.54 Å². The van der Waals surface area contributed by atoms with E-state index in [0.717, 1.165) is 12.8 Å². The lowest BCUT2D eigenvalue weighted by atomic mass is 10.3. The van der Waals surface area contributed by atoms with E-state index in [1.54, 1.807) is 0 Å². The van der Waals surface area contributed by atoms with Crippen LogP contribution in [0, 0.1) is 0 Å². The van der Waals surface area contributed by atoms with Gasteiger partial charge in [0, 0.05) is 6.54 Å². The number of rotatable bonds is 3. The molecule has 1 atom stereocenters. The summed E-state index contributed by atoms with van der Waals surface area (Å²) in [4.78, 5) is 13.1. The number of unbranched alkanes of at least 4 members (excludes halogenated alkanes) is 1. The summed E-state index contributed by atoms with van der Waals surface area (Å²) < 4.78 is 0. The lowest BCUT2D eigenvalue weighted by Crippen LogP contribution is -2.57. The Balaban J connectivity index is 2.73. The minimum atomic E-state index is -0.761. The number of hydrogen-bond acceptors (Lipinski definition) is 6. The van der Waals surface area contributed by atoms with Crippen molar-refractivity contribution >= 4 is 17.9 Å². The minimum absolute atomic E-state index is 0.0441. The van der Waals surface area contributed by atoms with Crippen LogP contribution in [-0.2, 0) is 0 Å². The second kappa shape index (κ2) is 5.31. The van der Waals surface area contributed by atoms with Crippen molar-refractivity contribution in [2.24, 2.45) is 37.9 Å². The molecule has 1 heterocycles. The topological polar surface area (TPSA) is 144 Å². The smallest absolute Gasteiger partial charge is 0.221 e. The molecule has 0 aromatic carbocycles. The largest absolute Gasteiger partial charge is 0.369 e. The molecule has 16 heavy (non-hydrogen) atoms. The summed E-state index contributed by atoms with van der Waals surface area (Å²) in [5.74, 6) is 0.360. The van der Waals surface area contributed by atoms with E-state index in [0.29, 0.717) is 6.54 Å². The van der Waals surface area contributed by atoms with Crippen LogP contribution in [0.15, 0.2) is 15.0 Å². The first-order valence-electron chi connectivity index (χ1n) is 5.08. The van der Waals surface area contributed by atoms with E-state index in [9.17, 15) is 0 Å². The maximum atomic E-state index is 5.74. The second-order valence-corrected chi connectivity index (χ2v) is 3.33. The van der Waals surface area contributed by atoms with Crippen LogP contribution in [0.4, 0.5) is 0 Å². The van der Waals surface area contributed by atoms with Crippen LogP contribution in [0.3, 0.4) is 0 Å². The zero-order valence-corrected chi connectivity index (χ0v) is 9.30. The molecule has 90 valence electrons. The summed E-state index contributed by atoms with van der Waals surface area (Å²) in [7, 11) is 0. The molecule has 0 aliphatic carbocycles. The van der Waals surface area contributed by atoms with Gasteiger partial charge in [-0.15, -0.1) is 0 Å². The van der Waals surface area contributed by atoms with E-state index >= 15 is 0 Å². The van der Waals surface area contributed by atoms with Gasteiger partial charge in [-0.05, 0) is 6.42 Å². The lowest BCUT2D eigenvalue weighted by Gasteiger charge is -2.28. The van der Waals surface area contributed by atoms with Crippen molar-refractivity contribution in [1.82, 2.24) is 4.90 Å². The van der Waals surface area contributed by atoms with E-state index < -0.39 is 6.29 Å². The van der Waals surface area contributed by atoms with Gasteiger partial charge in [-0.2, -0.15) is 4.99 Å². The summed E-state index contributed by atoms with van der Waals surface area (Å²) in [6.07, 6.45) is 1.23. The highest BCUT2D eigenvalue weighted by Crippen LogP contribution is 2.01. The Kier molecular flexibility index (Phi) is 4.06. The Morgan fingerprint density at radius 1 is 1.50 bits per heavy atom. The summed E-state index contributed by atoms with van der Waals surface area (Å²) in [6, 6.07) is 0. The second-order valence-electron chi connectivity index (χ2n) is 3.33. The zero-order valence-electron chi connectivity index (χ0n) is 9.30. The molecule has 0 aromatic rings. The molecule has 0 amide bonds. The third-order valence-corrected chi connectivity index (χ3v) is 2.04. The zero-order chi connectivity index (χ0) is 12.1. The van der Waals surface area contributed by atoms with Gasteiger partial charge >= 0.3 is 0 Å². The van der Waals surface area contributed by atoms with E-state index in [2.05, 4.69) is 21.9 Å². The van der Waals surface area contributed by atoms with Crippen LogP contribution in [0.5, 0.6) is 0 Å². The van der Waals surface area contributed by atoms with Crippen molar-refractivity contribution in [3.8, 4) is 0 Å². The van der Waals surface area contributed by atoms with E-state index in [-0.39, 0.29) is 17.9 Å². The fourth-order valence-electron chi connectivity index (χ4n) is 1.21. The first kappa shape index (κ1) is 12.2. The normalized spacial score (nSPS) is 21.8. The number of guanidine groups is 3. The first-order chi connectivity index (χ1) is 7.56. The van der Waals surface area contributed by atoms with Gasteiger partial charge in [-0.25, -0.2) is 9.89 Å². The SMILES string of the molecule is CCCCN=C(N)N1C(N)=NC(N)=NC1N. The minimum Gasteiger partial charge on any atom is -0.369 e. The molecule has 0 saturated heterocycles. The van der Waals surface area contributed by atoms with E-state index in [1.807, 2.05) is 0 Å². The van der Waals surface area contributed by atoms with Gasteiger partial charge in [0.15, 0.2) is 6.29 Å². The molecule has 1 aliphatic rings. The Hall–Kier alpha value is -1.83. The van der Waals surface area contributed by atoms with Crippen LogP contribution in [0.2, 0.25) is 0 Å². The monoisotopic (exact) mass is 226 g/mol. The highest BCUT2D eigenvalue weighted by atomic mass is 15.5. The molecule has 8 heteroatoms. The molecular formula is C8H18N8. The summed E-state index contributed by atoms with van der Waals surface area (Å²) in [6.45, 7) is 2.69. The predicted molar refractivity (Wildman–Crippen MR) is 64.5 cm³/mol. The van der Waals surface area contributed by atoms with E-state index in [4.69, 9.17) is 22.9 Å². The maximum absolute atomic E-state index is 5.74. The molecule has 1 rings (SSSR count). The summed E-state index contributed by atoms with van der Waals surface area (Å²) in [5, 5.41) is 0. The van der Waals surface area contributed by atoms with Crippen molar-refractivity contribution < 1.29 is 0 Å². The molecule has 8 N–H and O–H groups in total. The fraction of sp³-hybridized carbons (Fsp3) is 0.625. The average Bonchev–Trinajstić information content (AvgIpc) is 2.16. The van der Waals surface area contributed by atoms with Gasteiger partial charge in [-0.3, -0.25) is 10.7 Å². The molecule has 0 saturated carbocycles. The van der Waals surface area contributed by atoms with Crippen LogP contribution >= 0.6 is 0 Å². The lowest BCUT2D eigenvalue weighted by molar-refractivity contribution is 0.444. The third-order valence-electron chi connectivity index (χ3n) is 2.04. The fourth-order valence-corrected chi connectivity index (χ4v) is 1.21. The predicted octanol–water partition coefficient (Wildman–Crippen LogP) is -1.71. The van der Waals surface area contributed by atoms with E-state index in [1.165, 1.54) is 4.90 Å². The highest BCUT2D eigenvalue weighted by Gasteiger charge is 2.23. The van der Waals surface area contributed by atoms with Crippen molar-refractivity contribution in [1.29, 1.82) is 0 Å². The van der Waals surface area contributed by atoms with Gasteiger partial charge < -0.3 is 17.2 Å². The molecule has 0 spiro atoms. The van der Waals surface area contributed by atoms with Gasteiger partial charge in [0.1, 0.15) is 0 Å². The molecule has 0 fully saturated rings. The molecule has 1 aliphatic heterocycles. The molecule has 0 radical (unpaired) electrons. The van der Waals surface area contributed by atoms with Crippen LogP contribution in [0.1, 0.15) is 19.8 Å². The van der Waals surface area contributed by atoms with Gasteiger partial charge in [0.25, 0.3) is 0 Å². The quantitative estimate of drug-likeness (QED) is 0.257. The van der Waals surface area contributed by atoms with Crippen molar-refractivity contribution in [2.45, 2.75) is 26.1 Å². The molecule has 8 nitrogen and oxygen atoms in total. The Bertz CT molecular complexity index is 331. The Morgan fingerprint density at radius 2 is 2.19 bits per heavy atom. The number of nitrogens with two attached hydrogens (primary N) is 4. The van der Waals surface area contributed by atoms with Gasteiger partial charge in [-0.1, -0.05) is 13.3 Å². The maximum Gasteiger partial charge on any atom is 0.221 e. The molecule has 0 aromatic heterocycles. The first-order valence-corrected chi connectivity index (χ1v) is 5.08. The Morgan fingerprint density at radius 3 is 2.75 bits per heavy atom. The van der Waals surface area contributed by atoms with Crippen LogP contribution in [-0.4, -0.2) is 35.6 Å². The molecule has 0 bridgehead atoms. The average molecular weight is 226 g/mol. The summed E-state index contributed by atoms with van der Waals surface area (Å²) in [5.41, 5.74) is 22.5. The van der Waals surface area contributed by atoms with Crippen molar-refractivity contribution in [3.05, 3.63) is 0 Å². The highest BCUT2D eigenvalue weighted by molar-refractivity contribution is 6.04. The van der Waals surface area contributed by atoms with Gasteiger partial charge in [0.2, 0.25) is 17.9 Å². The number of nitrogens with zero attached hydrogens (tertiary/aromatic N) is 4. The molecular weight excluding hydrogens is 208 g/mol. The summed E-state index contributed by atoms with van der Waals surface area (Å²) >= 11 is 0.